The first-order chi connectivity index (χ1) is 9.47. The predicted molar refractivity (Wildman–Crippen MR) is 75.8 cm³/mol. The molecule has 1 fully saturated rings. The largest absolute Gasteiger partial charge is 0.464 e. The molecule has 0 aromatic heterocycles. The Bertz CT molecular complexity index is 414. The first-order valence-corrected chi connectivity index (χ1v) is 6.92. The second-order valence-electron chi connectivity index (χ2n) is 4.41. The van der Waals surface area contributed by atoms with Gasteiger partial charge in [-0.05, 0) is 26.2 Å². The number of likely N-dealkylation sites (tertiary alicyclic amines) is 1. The molecule has 0 bridgehead atoms. The molecule has 1 rings (SSSR count). The van der Waals surface area contributed by atoms with E-state index in [1.54, 1.807) is 6.92 Å². The molecule has 112 valence electrons. The number of hydrogen-bond donors (Lipinski definition) is 2. The number of esters is 1. The van der Waals surface area contributed by atoms with Crippen molar-refractivity contribution >= 4 is 35.0 Å². The fourth-order valence-corrected chi connectivity index (χ4v) is 2.10. The number of nitrogens with two attached hydrogens (primary N) is 1. The van der Waals surface area contributed by atoms with Gasteiger partial charge in [-0.25, -0.2) is 4.79 Å². The zero-order valence-electron chi connectivity index (χ0n) is 11.4. The molecule has 1 unspecified atom stereocenters. The van der Waals surface area contributed by atoms with Crippen LogP contribution >= 0.6 is 12.2 Å². The van der Waals surface area contributed by atoms with Gasteiger partial charge in [-0.3, -0.25) is 9.59 Å². The van der Waals surface area contributed by atoms with Gasteiger partial charge in [0, 0.05) is 6.54 Å². The fourth-order valence-electron chi connectivity index (χ4n) is 2.03. The molecule has 0 spiro atoms. The molecule has 1 aliphatic rings. The van der Waals surface area contributed by atoms with Crippen LogP contribution in [0.25, 0.3) is 0 Å². The monoisotopic (exact) mass is 301 g/mol. The van der Waals surface area contributed by atoms with E-state index in [-0.39, 0.29) is 18.1 Å². The van der Waals surface area contributed by atoms with Crippen LogP contribution in [0, 0.1) is 0 Å². The molecule has 8 heteroatoms. The molecule has 0 saturated carbocycles. The third-order valence-corrected chi connectivity index (χ3v) is 3.08. The van der Waals surface area contributed by atoms with Crippen molar-refractivity contribution in [2.24, 2.45) is 5.73 Å². The lowest BCUT2D eigenvalue weighted by molar-refractivity contribution is -0.159. The van der Waals surface area contributed by atoms with Gasteiger partial charge in [0.25, 0.3) is 0 Å². The maximum absolute atomic E-state index is 12.1. The highest BCUT2D eigenvalue weighted by atomic mass is 32.1. The van der Waals surface area contributed by atoms with Crippen molar-refractivity contribution in [2.45, 2.75) is 32.2 Å². The van der Waals surface area contributed by atoms with Crippen LogP contribution in [0.15, 0.2) is 0 Å². The molecule has 20 heavy (non-hydrogen) atoms. The van der Waals surface area contributed by atoms with Crippen molar-refractivity contribution in [1.82, 2.24) is 10.2 Å². The van der Waals surface area contributed by atoms with Gasteiger partial charge in [-0.2, -0.15) is 0 Å². The Hall–Kier alpha value is -1.70. The summed E-state index contributed by atoms with van der Waals surface area (Å²) < 4.78 is 4.93. The third-order valence-electron chi connectivity index (χ3n) is 2.94. The number of nitrogens with zero attached hydrogens (tertiary/aromatic N) is 1. The Kier molecular flexibility index (Phi) is 6.37. The van der Waals surface area contributed by atoms with E-state index in [0.717, 1.165) is 12.8 Å². The normalized spacial score (nSPS) is 18.2. The van der Waals surface area contributed by atoms with Crippen molar-refractivity contribution < 1.29 is 19.1 Å². The van der Waals surface area contributed by atoms with Crippen LogP contribution in [0.3, 0.4) is 0 Å². The van der Waals surface area contributed by atoms with E-state index in [1.165, 1.54) is 4.90 Å². The van der Waals surface area contributed by atoms with E-state index in [9.17, 15) is 14.4 Å². The van der Waals surface area contributed by atoms with Gasteiger partial charge in [-0.1, -0.05) is 12.2 Å². The summed E-state index contributed by atoms with van der Waals surface area (Å²) >= 11 is 4.62. The number of hydrogen-bond acceptors (Lipinski definition) is 5. The number of carbonyl (C=O) groups is 3. The van der Waals surface area contributed by atoms with Crippen molar-refractivity contribution in [3.63, 3.8) is 0 Å². The molecule has 7 nitrogen and oxygen atoms in total. The van der Waals surface area contributed by atoms with E-state index in [2.05, 4.69) is 17.5 Å². The summed E-state index contributed by atoms with van der Waals surface area (Å²) in [5, 5.41) is 2.32. The summed E-state index contributed by atoms with van der Waals surface area (Å²) in [5.74, 6) is -2.03. The minimum Gasteiger partial charge on any atom is -0.464 e. The molecule has 0 aliphatic carbocycles. The van der Waals surface area contributed by atoms with Gasteiger partial charge < -0.3 is 20.7 Å². The van der Waals surface area contributed by atoms with Crippen molar-refractivity contribution in [3.8, 4) is 0 Å². The van der Waals surface area contributed by atoms with E-state index in [0.29, 0.717) is 13.0 Å². The van der Waals surface area contributed by atoms with Crippen LogP contribution in [0.5, 0.6) is 0 Å². The van der Waals surface area contributed by atoms with E-state index in [1.807, 2.05) is 0 Å². The number of nitrogens with one attached hydrogen (secondary N) is 1. The van der Waals surface area contributed by atoms with Gasteiger partial charge in [0.1, 0.15) is 6.04 Å². The number of carbonyl (C=O) groups excluding carboxylic acids is 3. The first-order valence-electron chi connectivity index (χ1n) is 6.51. The number of thiocarbonyl (C=S) groups is 1. The topological polar surface area (TPSA) is 102 Å². The Morgan fingerprint density at radius 2 is 2.10 bits per heavy atom. The molecule has 0 radical (unpaired) electrons. The Balaban J connectivity index is 2.69. The average Bonchev–Trinajstić information content (AvgIpc) is 2.44. The number of piperidine rings is 1. The van der Waals surface area contributed by atoms with Gasteiger partial charge in [0.05, 0.1) is 18.1 Å². The van der Waals surface area contributed by atoms with Gasteiger partial charge in [0.15, 0.2) is 0 Å². The summed E-state index contributed by atoms with van der Waals surface area (Å²) in [6.07, 6.45) is 2.08. The molecule has 0 aromatic carbocycles. The smallest absolute Gasteiger partial charge is 0.328 e. The van der Waals surface area contributed by atoms with E-state index < -0.39 is 23.8 Å². The predicted octanol–water partition coefficient (Wildman–Crippen LogP) is -0.667. The van der Waals surface area contributed by atoms with Crippen LogP contribution in [-0.2, 0) is 19.1 Å². The lowest BCUT2D eigenvalue weighted by Crippen LogP contribution is -2.53. The van der Waals surface area contributed by atoms with Crippen LogP contribution < -0.4 is 11.1 Å². The lowest BCUT2D eigenvalue weighted by atomic mass is 10.0. The van der Waals surface area contributed by atoms with Gasteiger partial charge >= 0.3 is 17.8 Å². The van der Waals surface area contributed by atoms with E-state index >= 15 is 0 Å². The molecular weight excluding hydrogens is 282 g/mol. The molecule has 2 amide bonds. The second-order valence-corrected chi connectivity index (χ2v) is 4.94. The number of amides is 2. The quantitative estimate of drug-likeness (QED) is 0.406. The molecule has 1 saturated heterocycles. The average molecular weight is 301 g/mol. The molecule has 1 heterocycles. The Morgan fingerprint density at radius 3 is 2.70 bits per heavy atom. The zero-order chi connectivity index (χ0) is 15.1. The Labute approximate surface area is 122 Å². The zero-order valence-corrected chi connectivity index (χ0v) is 12.2. The molecule has 3 N–H and O–H groups in total. The van der Waals surface area contributed by atoms with Gasteiger partial charge in [-0.15, -0.1) is 0 Å². The van der Waals surface area contributed by atoms with Crippen LogP contribution in [0.2, 0.25) is 0 Å². The minimum atomic E-state index is -0.811. The molecule has 1 atom stereocenters. The van der Waals surface area contributed by atoms with Crippen molar-refractivity contribution in [3.05, 3.63) is 0 Å². The highest BCUT2D eigenvalue weighted by Gasteiger charge is 2.35. The maximum Gasteiger partial charge on any atom is 0.328 e. The fraction of sp³-hybridized carbons (Fsp3) is 0.667. The van der Waals surface area contributed by atoms with Crippen LogP contribution in [0.4, 0.5) is 0 Å². The summed E-state index contributed by atoms with van der Waals surface area (Å²) in [6.45, 7) is 2.26. The van der Waals surface area contributed by atoms with Crippen LogP contribution in [0.1, 0.15) is 26.2 Å². The summed E-state index contributed by atoms with van der Waals surface area (Å²) in [5.41, 5.74) is 5.25. The van der Waals surface area contributed by atoms with Gasteiger partial charge in [0.2, 0.25) is 0 Å². The van der Waals surface area contributed by atoms with E-state index in [4.69, 9.17) is 10.5 Å². The summed E-state index contributed by atoms with van der Waals surface area (Å²) in [7, 11) is 0. The first kappa shape index (κ1) is 16.4. The second kappa shape index (κ2) is 7.78. The Morgan fingerprint density at radius 1 is 1.40 bits per heavy atom. The minimum absolute atomic E-state index is 0.0438. The highest BCUT2D eigenvalue weighted by molar-refractivity contribution is 7.80. The number of rotatable bonds is 4. The molecular formula is C12H19N3O4S. The summed E-state index contributed by atoms with van der Waals surface area (Å²) in [4.78, 5) is 36.9. The maximum atomic E-state index is 12.1. The molecule has 0 aromatic rings. The third kappa shape index (κ3) is 4.44. The lowest BCUT2D eigenvalue weighted by Gasteiger charge is -2.33. The standard InChI is InChI=1S/C12H19N3O4S/c1-2-19-12(18)8-5-3-4-6-15(8)11(17)10(16)14-7-9(13)20/h8H,2-7H2,1H3,(H2,13,20)(H,14,16). The number of ether oxygens (including phenoxy) is 1. The SMILES string of the molecule is CCOC(=O)C1CCCCN1C(=O)C(=O)NCC(N)=S. The van der Waals surface area contributed by atoms with Crippen molar-refractivity contribution in [2.75, 3.05) is 19.7 Å². The van der Waals surface area contributed by atoms with Crippen molar-refractivity contribution in [1.29, 1.82) is 0 Å². The highest BCUT2D eigenvalue weighted by Crippen LogP contribution is 2.18. The molecule has 1 aliphatic heterocycles. The summed E-state index contributed by atoms with van der Waals surface area (Å²) in [6, 6.07) is -0.688. The van der Waals surface area contributed by atoms with Crippen LogP contribution in [-0.4, -0.2) is 53.4 Å².